The van der Waals surface area contributed by atoms with Crippen LogP contribution < -0.4 is 5.32 Å². The van der Waals surface area contributed by atoms with E-state index in [1.54, 1.807) is 17.2 Å². The van der Waals surface area contributed by atoms with Crippen molar-refractivity contribution in [2.24, 2.45) is 0 Å². The van der Waals surface area contributed by atoms with E-state index in [-0.39, 0.29) is 5.91 Å². The van der Waals surface area contributed by atoms with Gasteiger partial charge in [0, 0.05) is 25.8 Å². The van der Waals surface area contributed by atoms with Gasteiger partial charge < -0.3 is 15.0 Å². The highest BCUT2D eigenvalue weighted by Gasteiger charge is 2.19. The maximum Gasteiger partial charge on any atom is 0.272 e. The minimum absolute atomic E-state index is 0.0516. The zero-order chi connectivity index (χ0) is 13.5. The standard InChI is InChI=1S/C13H20N4O2/c1-2-3-5-14-13-15-6-4-11(16-13)12(18)17-7-9-19-10-8-17/h4,6H,2-3,5,7-10H2,1H3,(H,14,15,16). The van der Waals surface area contributed by atoms with Gasteiger partial charge in [0.1, 0.15) is 5.69 Å². The largest absolute Gasteiger partial charge is 0.378 e. The van der Waals surface area contributed by atoms with Gasteiger partial charge in [-0.1, -0.05) is 13.3 Å². The molecule has 1 saturated heterocycles. The van der Waals surface area contributed by atoms with E-state index in [1.165, 1.54) is 0 Å². The summed E-state index contributed by atoms with van der Waals surface area (Å²) in [5.74, 6) is 0.469. The second kappa shape index (κ2) is 7.04. The maximum absolute atomic E-state index is 12.2. The van der Waals surface area contributed by atoms with Gasteiger partial charge in [-0.25, -0.2) is 9.97 Å². The first kappa shape index (κ1) is 13.7. The molecule has 1 N–H and O–H groups in total. The lowest BCUT2D eigenvalue weighted by molar-refractivity contribution is 0.0299. The number of carbonyl (C=O) groups excluding carboxylic acids is 1. The Bertz CT molecular complexity index is 419. The van der Waals surface area contributed by atoms with Gasteiger partial charge in [0.2, 0.25) is 5.95 Å². The van der Waals surface area contributed by atoms with Gasteiger partial charge in [-0.2, -0.15) is 0 Å². The number of hydrogen-bond donors (Lipinski definition) is 1. The Morgan fingerprint density at radius 3 is 3.00 bits per heavy atom. The Kier molecular flexibility index (Phi) is 5.09. The summed E-state index contributed by atoms with van der Waals surface area (Å²) in [6.07, 6.45) is 3.79. The molecule has 6 heteroatoms. The summed E-state index contributed by atoms with van der Waals surface area (Å²) in [7, 11) is 0. The van der Waals surface area contributed by atoms with Crippen LogP contribution in [-0.4, -0.2) is 53.6 Å². The van der Waals surface area contributed by atoms with Crippen LogP contribution in [0.5, 0.6) is 0 Å². The van der Waals surface area contributed by atoms with Crippen LogP contribution in [0.1, 0.15) is 30.3 Å². The monoisotopic (exact) mass is 264 g/mol. The molecule has 0 atom stereocenters. The first-order valence-corrected chi connectivity index (χ1v) is 6.75. The third kappa shape index (κ3) is 3.89. The fourth-order valence-corrected chi connectivity index (χ4v) is 1.87. The lowest BCUT2D eigenvalue weighted by Gasteiger charge is -2.26. The SMILES string of the molecule is CCCCNc1nccc(C(=O)N2CCOCC2)n1. The van der Waals surface area contributed by atoms with Crippen molar-refractivity contribution >= 4 is 11.9 Å². The fraction of sp³-hybridized carbons (Fsp3) is 0.615. The first-order chi connectivity index (χ1) is 9.31. The number of carbonyl (C=O) groups is 1. The minimum atomic E-state index is -0.0516. The zero-order valence-corrected chi connectivity index (χ0v) is 11.3. The van der Waals surface area contributed by atoms with Crippen molar-refractivity contribution in [3.05, 3.63) is 18.0 Å². The number of aromatic nitrogens is 2. The molecule has 0 aliphatic carbocycles. The number of anilines is 1. The quantitative estimate of drug-likeness (QED) is 0.808. The van der Waals surface area contributed by atoms with Crippen LogP contribution in [0.25, 0.3) is 0 Å². The van der Waals surface area contributed by atoms with Crippen molar-refractivity contribution in [2.75, 3.05) is 38.2 Å². The Labute approximate surface area is 113 Å². The average molecular weight is 264 g/mol. The Morgan fingerprint density at radius 2 is 2.26 bits per heavy atom. The van der Waals surface area contributed by atoms with Crippen LogP contribution >= 0.6 is 0 Å². The zero-order valence-electron chi connectivity index (χ0n) is 11.3. The van der Waals surface area contributed by atoms with E-state index in [9.17, 15) is 4.79 Å². The molecule has 2 rings (SSSR count). The van der Waals surface area contributed by atoms with Gasteiger partial charge in [0.15, 0.2) is 0 Å². The van der Waals surface area contributed by atoms with Crippen molar-refractivity contribution in [2.45, 2.75) is 19.8 Å². The molecule has 0 aromatic carbocycles. The van der Waals surface area contributed by atoms with E-state index in [4.69, 9.17) is 4.74 Å². The number of morpholine rings is 1. The molecule has 0 bridgehead atoms. The number of hydrogen-bond acceptors (Lipinski definition) is 5. The summed E-state index contributed by atoms with van der Waals surface area (Å²) in [6, 6.07) is 1.66. The number of rotatable bonds is 5. The number of nitrogens with one attached hydrogen (secondary N) is 1. The van der Waals surface area contributed by atoms with Crippen LogP contribution in [0.3, 0.4) is 0 Å². The van der Waals surface area contributed by atoms with Crippen molar-refractivity contribution < 1.29 is 9.53 Å². The molecule has 0 radical (unpaired) electrons. The molecule has 1 aromatic rings. The predicted octanol–water partition coefficient (Wildman–Crippen LogP) is 1.16. The summed E-state index contributed by atoms with van der Waals surface area (Å²) in [5.41, 5.74) is 0.441. The van der Waals surface area contributed by atoms with Crippen molar-refractivity contribution in [3.8, 4) is 0 Å². The molecule has 2 heterocycles. The normalized spacial score (nSPS) is 15.3. The van der Waals surface area contributed by atoms with Gasteiger partial charge in [0.05, 0.1) is 13.2 Å². The van der Waals surface area contributed by atoms with E-state index in [1.807, 2.05) is 0 Å². The average Bonchev–Trinajstić information content (AvgIpc) is 2.48. The van der Waals surface area contributed by atoms with Crippen LogP contribution in [0.15, 0.2) is 12.3 Å². The number of nitrogens with zero attached hydrogens (tertiary/aromatic N) is 3. The predicted molar refractivity (Wildman–Crippen MR) is 72.2 cm³/mol. The van der Waals surface area contributed by atoms with Gasteiger partial charge >= 0.3 is 0 Å². The topological polar surface area (TPSA) is 67.4 Å². The van der Waals surface area contributed by atoms with Gasteiger partial charge in [-0.15, -0.1) is 0 Å². The summed E-state index contributed by atoms with van der Waals surface area (Å²) < 4.78 is 5.24. The highest BCUT2D eigenvalue weighted by molar-refractivity contribution is 5.92. The Balaban J connectivity index is 1.98. The summed E-state index contributed by atoms with van der Waals surface area (Å²) in [4.78, 5) is 22.4. The first-order valence-electron chi connectivity index (χ1n) is 6.75. The van der Waals surface area contributed by atoms with Crippen LogP contribution in [0.2, 0.25) is 0 Å². The molecule has 0 spiro atoms. The summed E-state index contributed by atoms with van der Waals surface area (Å²) >= 11 is 0. The molecule has 1 fully saturated rings. The number of ether oxygens (including phenoxy) is 1. The van der Waals surface area contributed by atoms with E-state index < -0.39 is 0 Å². The van der Waals surface area contributed by atoms with E-state index in [2.05, 4.69) is 22.2 Å². The van der Waals surface area contributed by atoms with Gasteiger partial charge in [-0.3, -0.25) is 4.79 Å². The van der Waals surface area contributed by atoms with Crippen LogP contribution in [0, 0.1) is 0 Å². The highest BCUT2D eigenvalue weighted by atomic mass is 16.5. The highest BCUT2D eigenvalue weighted by Crippen LogP contribution is 2.07. The van der Waals surface area contributed by atoms with Gasteiger partial charge in [0.25, 0.3) is 5.91 Å². The summed E-state index contributed by atoms with van der Waals surface area (Å²) in [5, 5.41) is 3.13. The van der Waals surface area contributed by atoms with Crippen molar-refractivity contribution in [3.63, 3.8) is 0 Å². The lowest BCUT2D eigenvalue weighted by Crippen LogP contribution is -2.41. The second-order valence-corrected chi connectivity index (χ2v) is 4.45. The third-order valence-corrected chi connectivity index (χ3v) is 2.99. The van der Waals surface area contributed by atoms with E-state index in [0.717, 1.165) is 19.4 Å². The second-order valence-electron chi connectivity index (χ2n) is 4.45. The van der Waals surface area contributed by atoms with Gasteiger partial charge in [-0.05, 0) is 12.5 Å². The molecular formula is C13H20N4O2. The molecule has 104 valence electrons. The molecule has 1 aliphatic rings. The summed E-state index contributed by atoms with van der Waals surface area (Å²) in [6.45, 7) is 5.40. The Hall–Kier alpha value is -1.69. The molecule has 19 heavy (non-hydrogen) atoms. The third-order valence-electron chi connectivity index (χ3n) is 2.99. The fourth-order valence-electron chi connectivity index (χ4n) is 1.87. The van der Waals surface area contributed by atoms with E-state index in [0.29, 0.717) is 37.9 Å². The number of amides is 1. The molecule has 1 aromatic heterocycles. The molecule has 1 amide bonds. The molecule has 0 saturated carbocycles. The molecule has 6 nitrogen and oxygen atoms in total. The number of unbranched alkanes of at least 4 members (excludes halogenated alkanes) is 1. The minimum Gasteiger partial charge on any atom is -0.378 e. The molecular weight excluding hydrogens is 244 g/mol. The van der Waals surface area contributed by atoms with E-state index >= 15 is 0 Å². The maximum atomic E-state index is 12.2. The van der Waals surface area contributed by atoms with Crippen molar-refractivity contribution in [1.82, 2.24) is 14.9 Å². The Morgan fingerprint density at radius 1 is 1.47 bits per heavy atom. The lowest BCUT2D eigenvalue weighted by atomic mass is 10.3. The van der Waals surface area contributed by atoms with Crippen LogP contribution in [0.4, 0.5) is 5.95 Å². The molecule has 1 aliphatic heterocycles. The van der Waals surface area contributed by atoms with Crippen molar-refractivity contribution in [1.29, 1.82) is 0 Å². The smallest absolute Gasteiger partial charge is 0.272 e. The van der Waals surface area contributed by atoms with Crippen LogP contribution in [-0.2, 0) is 4.74 Å². The molecule has 0 unspecified atom stereocenters.